The molecule has 0 aliphatic carbocycles. The van der Waals surface area contributed by atoms with Gasteiger partial charge in [-0.15, -0.1) is 11.8 Å². The maximum atomic E-state index is 13.7. The number of rotatable bonds is 3. The summed E-state index contributed by atoms with van der Waals surface area (Å²) in [6.07, 6.45) is 3.07. The molecule has 4 rings (SSSR count). The van der Waals surface area contributed by atoms with Gasteiger partial charge < -0.3 is 4.90 Å². The molecule has 1 aromatic heterocycles. The maximum absolute atomic E-state index is 13.7. The molecule has 2 heterocycles. The summed E-state index contributed by atoms with van der Waals surface area (Å²) in [5.74, 6) is -0.163. The van der Waals surface area contributed by atoms with Gasteiger partial charge in [0.25, 0.3) is 0 Å². The molecule has 0 radical (unpaired) electrons. The minimum atomic E-state index is -0.163. The zero-order valence-corrected chi connectivity index (χ0v) is 15.8. The molecular formula is C21H22FN3S. The highest BCUT2D eigenvalue weighted by Crippen LogP contribution is 2.45. The SMILES string of the molecule is Cc1nn(C)cc1CN1CCC(c2cccc(F)c2)Sc2ccccc21. The molecule has 1 aliphatic heterocycles. The van der Waals surface area contributed by atoms with E-state index in [1.54, 1.807) is 12.1 Å². The van der Waals surface area contributed by atoms with Crippen LogP contribution in [0.2, 0.25) is 0 Å². The van der Waals surface area contributed by atoms with Crippen molar-refractivity contribution in [1.82, 2.24) is 9.78 Å². The Morgan fingerprint density at radius 3 is 2.81 bits per heavy atom. The van der Waals surface area contributed by atoms with Gasteiger partial charge >= 0.3 is 0 Å². The van der Waals surface area contributed by atoms with Gasteiger partial charge in [-0.1, -0.05) is 24.3 Å². The van der Waals surface area contributed by atoms with Crippen molar-refractivity contribution in [3.8, 4) is 0 Å². The van der Waals surface area contributed by atoms with Crippen LogP contribution in [0.5, 0.6) is 0 Å². The molecule has 1 aliphatic rings. The molecule has 3 nitrogen and oxygen atoms in total. The van der Waals surface area contributed by atoms with Gasteiger partial charge in [0.2, 0.25) is 0 Å². The van der Waals surface area contributed by atoms with Gasteiger partial charge in [0.05, 0.1) is 11.4 Å². The number of nitrogens with zero attached hydrogens (tertiary/aromatic N) is 3. The molecule has 1 atom stereocenters. The van der Waals surface area contributed by atoms with Crippen LogP contribution in [0.4, 0.5) is 10.1 Å². The lowest BCUT2D eigenvalue weighted by Crippen LogP contribution is -2.24. The molecular weight excluding hydrogens is 345 g/mol. The van der Waals surface area contributed by atoms with Crippen molar-refractivity contribution in [2.45, 2.75) is 30.0 Å². The van der Waals surface area contributed by atoms with Crippen LogP contribution >= 0.6 is 11.8 Å². The molecule has 0 amide bonds. The molecule has 0 fully saturated rings. The van der Waals surface area contributed by atoms with E-state index in [0.29, 0.717) is 0 Å². The van der Waals surface area contributed by atoms with E-state index in [1.807, 2.05) is 29.6 Å². The van der Waals surface area contributed by atoms with Crippen LogP contribution in [0.25, 0.3) is 0 Å². The number of fused-ring (bicyclic) bond motifs is 1. The van der Waals surface area contributed by atoms with E-state index in [4.69, 9.17) is 0 Å². The van der Waals surface area contributed by atoms with E-state index in [-0.39, 0.29) is 11.1 Å². The number of anilines is 1. The average Bonchev–Trinajstić information content (AvgIpc) is 2.84. The summed E-state index contributed by atoms with van der Waals surface area (Å²) in [5, 5.41) is 4.73. The highest BCUT2D eigenvalue weighted by Gasteiger charge is 2.24. The Morgan fingerprint density at radius 1 is 1.19 bits per heavy atom. The second-order valence-electron chi connectivity index (χ2n) is 6.75. The number of hydrogen-bond donors (Lipinski definition) is 0. The Morgan fingerprint density at radius 2 is 2.04 bits per heavy atom. The summed E-state index contributed by atoms with van der Waals surface area (Å²) in [6.45, 7) is 3.83. The highest BCUT2D eigenvalue weighted by molar-refractivity contribution is 7.99. The van der Waals surface area contributed by atoms with Crippen LogP contribution in [0.1, 0.15) is 28.5 Å². The van der Waals surface area contributed by atoms with E-state index in [2.05, 4.69) is 47.4 Å². The van der Waals surface area contributed by atoms with Crippen LogP contribution in [0.3, 0.4) is 0 Å². The summed E-state index contributed by atoms with van der Waals surface area (Å²) in [7, 11) is 1.96. The normalized spacial score (nSPS) is 17.0. The molecule has 0 saturated carbocycles. The fourth-order valence-electron chi connectivity index (χ4n) is 3.54. The smallest absolute Gasteiger partial charge is 0.123 e. The van der Waals surface area contributed by atoms with E-state index in [9.17, 15) is 4.39 Å². The molecule has 26 heavy (non-hydrogen) atoms. The van der Waals surface area contributed by atoms with Gasteiger partial charge in [-0.2, -0.15) is 5.10 Å². The monoisotopic (exact) mass is 367 g/mol. The molecule has 0 spiro atoms. The van der Waals surface area contributed by atoms with Gasteiger partial charge in [0.15, 0.2) is 0 Å². The van der Waals surface area contributed by atoms with Crippen molar-refractivity contribution in [3.63, 3.8) is 0 Å². The van der Waals surface area contributed by atoms with Crippen LogP contribution in [0.15, 0.2) is 59.6 Å². The number of para-hydroxylation sites is 1. The third-order valence-corrected chi connectivity index (χ3v) is 6.22. The van der Waals surface area contributed by atoms with Gasteiger partial charge in [-0.25, -0.2) is 4.39 Å². The third-order valence-electron chi connectivity index (χ3n) is 4.83. The number of benzene rings is 2. The van der Waals surface area contributed by atoms with Crippen LogP contribution < -0.4 is 4.90 Å². The third kappa shape index (κ3) is 3.49. The minimum Gasteiger partial charge on any atom is -0.366 e. The predicted molar refractivity (Wildman–Crippen MR) is 105 cm³/mol. The van der Waals surface area contributed by atoms with Gasteiger partial charge in [0, 0.05) is 42.0 Å². The Labute approximate surface area is 157 Å². The molecule has 1 unspecified atom stereocenters. The van der Waals surface area contributed by atoms with Crippen LogP contribution in [-0.4, -0.2) is 16.3 Å². The lowest BCUT2D eigenvalue weighted by Gasteiger charge is -2.24. The molecule has 0 bridgehead atoms. The van der Waals surface area contributed by atoms with Crippen LogP contribution in [-0.2, 0) is 13.6 Å². The first kappa shape index (κ1) is 17.2. The minimum absolute atomic E-state index is 0.163. The summed E-state index contributed by atoms with van der Waals surface area (Å²) in [4.78, 5) is 3.67. The Bertz CT molecular complexity index is 921. The van der Waals surface area contributed by atoms with E-state index >= 15 is 0 Å². The molecule has 0 saturated heterocycles. The van der Waals surface area contributed by atoms with E-state index in [1.165, 1.54) is 22.2 Å². The van der Waals surface area contributed by atoms with Crippen molar-refractivity contribution < 1.29 is 4.39 Å². The second-order valence-corrected chi connectivity index (χ2v) is 8.00. The molecule has 3 aromatic rings. The number of thioether (sulfide) groups is 1. The number of aromatic nitrogens is 2. The van der Waals surface area contributed by atoms with Crippen molar-refractivity contribution in [2.75, 3.05) is 11.4 Å². The fraction of sp³-hybridized carbons (Fsp3) is 0.286. The summed E-state index contributed by atoms with van der Waals surface area (Å²) in [5.41, 5.74) is 4.63. The van der Waals surface area contributed by atoms with Crippen molar-refractivity contribution in [1.29, 1.82) is 0 Å². The fourth-order valence-corrected chi connectivity index (χ4v) is 4.83. The summed E-state index contributed by atoms with van der Waals surface area (Å²) in [6, 6.07) is 15.5. The number of aryl methyl sites for hydroxylation is 2. The van der Waals surface area contributed by atoms with Crippen molar-refractivity contribution in [2.24, 2.45) is 7.05 Å². The summed E-state index contributed by atoms with van der Waals surface area (Å²) >= 11 is 1.83. The van der Waals surface area contributed by atoms with Gasteiger partial charge in [-0.3, -0.25) is 4.68 Å². The largest absolute Gasteiger partial charge is 0.366 e. The Kier molecular flexibility index (Phi) is 4.72. The lowest BCUT2D eigenvalue weighted by molar-refractivity contribution is 0.623. The average molecular weight is 367 g/mol. The van der Waals surface area contributed by atoms with Crippen LogP contribution in [0, 0.1) is 12.7 Å². The first-order chi connectivity index (χ1) is 12.6. The quantitative estimate of drug-likeness (QED) is 0.642. The van der Waals surface area contributed by atoms with Gasteiger partial charge in [-0.05, 0) is 43.2 Å². The standard InChI is InChI=1S/C21H22FN3S/c1-15-17(13-24(2)23-15)14-25-11-10-20(16-6-5-7-18(22)12-16)26-21-9-4-3-8-19(21)25/h3-9,12-13,20H,10-11,14H2,1-2H3. The first-order valence-electron chi connectivity index (χ1n) is 8.85. The maximum Gasteiger partial charge on any atom is 0.123 e. The summed E-state index contributed by atoms with van der Waals surface area (Å²) < 4.78 is 15.6. The first-order valence-corrected chi connectivity index (χ1v) is 9.73. The predicted octanol–water partition coefficient (Wildman–Crippen LogP) is 5.11. The zero-order chi connectivity index (χ0) is 18.1. The number of hydrogen-bond acceptors (Lipinski definition) is 3. The Hall–Kier alpha value is -2.27. The zero-order valence-electron chi connectivity index (χ0n) is 15.0. The van der Waals surface area contributed by atoms with E-state index in [0.717, 1.165) is 30.8 Å². The molecule has 0 N–H and O–H groups in total. The van der Waals surface area contributed by atoms with Gasteiger partial charge in [0.1, 0.15) is 5.82 Å². The topological polar surface area (TPSA) is 21.1 Å². The van der Waals surface area contributed by atoms with Crippen molar-refractivity contribution in [3.05, 3.63) is 77.4 Å². The molecule has 2 aromatic carbocycles. The highest BCUT2D eigenvalue weighted by atomic mass is 32.2. The molecule has 5 heteroatoms. The number of halogens is 1. The van der Waals surface area contributed by atoms with E-state index < -0.39 is 0 Å². The Balaban J connectivity index is 1.65. The second kappa shape index (κ2) is 7.16. The molecule has 134 valence electrons. The lowest BCUT2D eigenvalue weighted by atomic mass is 10.1. The van der Waals surface area contributed by atoms with Crippen molar-refractivity contribution >= 4 is 17.4 Å².